The molecule has 0 unspecified atom stereocenters. The van der Waals surface area contributed by atoms with Crippen LogP contribution in [0, 0.1) is 11.3 Å². The number of hydrogen-bond acceptors (Lipinski definition) is 5. The minimum absolute atomic E-state index is 0.105. The first-order valence-electron chi connectivity index (χ1n) is 8.63. The Kier molecular flexibility index (Phi) is 6.65. The van der Waals surface area contributed by atoms with Crippen LogP contribution >= 0.6 is 0 Å². The Balaban J connectivity index is 1.92. The van der Waals surface area contributed by atoms with Gasteiger partial charge in [0.1, 0.15) is 5.54 Å². The lowest BCUT2D eigenvalue weighted by atomic mass is 9.83. The van der Waals surface area contributed by atoms with E-state index in [9.17, 15) is 10.1 Å². The van der Waals surface area contributed by atoms with Gasteiger partial charge in [-0.3, -0.25) is 9.69 Å². The molecule has 2 rings (SSSR count). The Hall–Kier alpha value is -2.26. The highest BCUT2D eigenvalue weighted by atomic mass is 16.5. The van der Waals surface area contributed by atoms with Crippen LogP contribution in [0.2, 0.25) is 0 Å². The van der Waals surface area contributed by atoms with Crippen LogP contribution in [-0.4, -0.2) is 44.2 Å². The van der Waals surface area contributed by atoms with Crippen molar-refractivity contribution in [2.45, 2.75) is 44.2 Å². The number of rotatable bonds is 7. The Morgan fingerprint density at radius 2 is 1.92 bits per heavy atom. The average molecular weight is 345 g/mol. The van der Waals surface area contributed by atoms with Crippen LogP contribution < -0.4 is 14.8 Å². The van der Waals surface area contributed by atoms with Gasteiger partial charge >= 0.3 is 0 Å². The van der Waals surface area contributed by atoms with Crippen LogP contribution in [0.3, 0.4) is 0 Å². The summed E-state index contributed by atoms with van der Waals surface area (Å²) in [6.45, 7) is 0.852. The van der Waals surface area contributed by atoms with Crippen molar-refractivity contribution >= 4 is 5.91 Å². The van der Waals surface area contributed by atoms with Crippen LogP contribution in [0.4, 0.5) is 0 Å². The van der Waals surface area contributed by atoms with Gasteiger partial charge in [0.2, 0.25) is 5.91 Å². The van der Waals surface area contributed by atoms with Gasteiger partial charge in [-0.1, -0.05) is 25.3 Å². The number of nitriles is 1. The van der Waals surface area contributed by atoms with Crippen LogP contribution in [-0.2, 0) is 11.3 Å². The molecule has 1 aromatic carbocycles. The predicted octanol–water partition coefficient (Wildman–Crippen LogP) is 2.48. The first-order valence-corrected chi connectivity index (χ1v) is 8.63. The second kappa shape index (κ2) is 8.72. The SMILES string of the molecule is COc1ccc(CN(C)CC(=O)NC2(C#N)CCCCC2)cc1OC. The van der Waals surface area contributed by atoms with Gasteiger partial charge in [0, 0.05) is 6.54 Å². The van der Waals surface area contributed by atoms with Crippen molar-refractivity contribution in [2.24, 2.45) is 0 Å². The lowest BCUT2D eigenvalue weighted by Crippen LogP contribution is -2.51. The Morgan fingerprint density at radius 3 is 2.52 bits per heavy atom. The Bertz CT molecular complexity index is 633. The monoisotopic (exact) mass is 345 g/mol. The fourth-order valence-electron chi connectivity index (χ4n) is 3.32. The molecule has 1 saturated carbocycles. The molecular weight excluding hydrogens is 318 g/mol. The van der Waals surface area contributed by atoms with Crippen LogP contribution in [0.25, 0.3) is 0 Å². The number of carbonyl (C=O) groups excluding carboxylic acids is 1. The van der Waals surface area contributed by atoms with Gasteiger partial charge in [0.25, 0.3) is 0 Å². The van der Waals surface area contributed by atoms with Gasteiger partial charge in [-0.25, -0.2) is 0 Å². The molecule has 1 aliphatic carbocycles. The highest BCUT2D eigenvalue weighted by Crippen LogP contribution is 2.28. The van der Waals surface area contributed by atoms with E-state index in [1.54, 1.807) is 14.2 Å². The van der Waals surface area contributed by atoms with Crippen molar-refractivity contribution in [2.75, 3.05) is 27.8 Å². The Morgan fingerprint density at radius 1 is 1.24 bits per heavy atom. The fraction of sp³-hybridized carbons (Fsp3) is 0.579. The van der Waals surface area contributed by atoms with Gasteiger partial charge in [-0.05, 0) is 37.6 Å². The third kappa shape index (κ3) is 5.10. The van der Waals surface area contributed by atoms with Crippen molar-refractivity contribution in [1.82, 2.24) is 10.2 Å². The number of amides is 1. The van der Waals surface area contributed by atoms with Gasteiger partial charge in [-0.15, -0.1) is 0 Å². The van der Waals surface area contributed by atoms with E-state index in [0.29, 0.717) is 18.0 Å². The summed E-state index contributed by atoms with van der Waals surface area (Å²) in [5, 5.41) is 12.4. The maximum Gasteiger partial charge on any atom is 0.235 e. The number of ether oxygens (including phenoxy) is 2. The van der Waals surface area contributed by atoms with Crippen molar-refractivity contribution in [3.63, 3.8) is 0 Å². The molecule has 25 heavy (non-hydrogen) atoms. The molecule has 1 aliphatic rings. The summed E-state index contributed by atoms with van der Waals surface area (Å²) in [4.78, 5) is 14.3. The molecule has 0 saturated heterocycles. The van der Waals surface area contributed by atoms with E-state index in [2.05, 4.69) is 11.4 Å². The van der Waals surface area contributed by atoms with Gasteiger partial charge in [0.05, 0.1) is 26.8 Å². The van der Waals surface area contributed by atoms with E-state index in [1.807, 2.05) is 30.1 Å². The van der Waals surface area contributed by atoms with Crippen molar-refractivity contribution in [3.8, 4) is 17.6 Å². The number of hydrogen-bond donors (Lipinski definition) is 1. The van der Waals surface area contributed by atoms with Crippen LogP contribution in [0.5, 0.6) is 11.5 Å². The average Bonchev–Trinajstić information content (AvgIpc) is 2.62. The maximum absolute atomic E-state index is 12.4. The lowest BCUT2D eigenvalue weighted by Gasteiger charge is -2.32. The molecule has 0 heterocycles. The summed E-state index contributed by atoms with van der Waals surface area (Å²) < 4.78 is 10.5. The summed E-state index contributed by atoms with van der Waals surface area (Å²) in [6.07, 6.45) is 4.62. The van der Waals surface area contributed by atoms with Gasteiger partial charge in [-0.2, -0.15) is 5.26 Å². The molecular formula is C19H27N3O3. The van der Waals surface area contributed by atoms with Gasteiger partial charge < -0.3 is 14.8 Å². The van der Waals surface area contributed by atoms with Crippen molar-refractivity contribution in [1.29, 1.82) is 5.26 Å². The molecule has 0 atom stereocenters. The zero-order chi connectivity index (χ0) is 18.3. The molecule has 0 radical (unpaired) electrons. The van der Waals surface area contributed by atoms with Crippen LogP contribution in [0.1, 0.15) is 37.7 Å². The van der Waals surface area contributed by atoms with E-state index in [0.717, 1.165) is 37.7 Å². The standard InChI is InChI=1S/C19H27N3O3/c1-22(12-15-7-8-16(24-2)17(11-15)25-3)13-18(23)21-19(14-20)9-5-4-6-10-19/h7-8,11H,4-6,9-10,12-13H2,1-3H3,(H,21,23). The smallest absolute Gasteiger partial charge is 0.235 e. The molecule has 1 N–H and O–H groups in total. The number of benzene rings is 1. The minimum Gasteiger partial charge on any atom is -0.493 e. The van der Waals surface area contributed by atoms with Crippen molar-refractivity contribution in [3.05, 3.63) is 23.8 Å². The third-order valence-corrected chi connectivity index (χ3v) is 4.61. The first kappa shape index (κ1) is 19.1. The van der Waals surface area contributed by atoms with E-state index < -0.39 is 5.54 Å². The number of carbonyl (C=O) groups is 1. The summed E-state index contributed by atoms with van der Waals surface area (Å²) in [5.41, 5.74) is 0.347. The predicted molar refractivity (Wildman–Crippen MR) is 95.5 cm³/mol. The number of nitrogens with one attached hydrogen (secondary N) is 1. The first-order chi connectivity index (χ1) is 12.0. The number of likely N-dealkylation sites (N-methyl/N-ethyl adjacent to an activating group) is 1. The van der Waals surface area contributed by atoms with Crippen molar-refractivity contribution < 1.29 is 14.3 Å². The highest BCUT2D eigenvalue weighted by Gasteiger charge is 2.33. The molecule has 6 nitrogen and oxygen atoms in total. The van der Waals surface area contributed by atoms with Crippen LogP contribution in [0.15, 0.2) is 18.2 Å². The molecule has 1 fully saturated rings. The third-order valence-electron chi connectivity index (χ3n) is 4.61. The molecule has 6 heteroatoms. The zero-order valence-corrected chi connectivity index (χ0v) is 15.3. The number of methoxy groups -OCH3 is 2. The Labute approximate surface area is 149 Å². The minimum atomic E-state index is -0.681. The molecule has 0 aromatic heterocycles. The molecule has 1 amide bonds. The molecule has 136 valence electrons. The molecule has 1 aromatic rings. The molecule has 0 aliphatic heterocycles. The van der Waals surface area contributed by atoms with E-state index >= 15 is 0 Å². The topological polar surface area (TPSA) is 74.6 Å². The summed E-state index contributed by atoms with van der Waals surface area (Å²) in [7, 11) is 5.09. The summed E-state index contributed by atoms with van der Waals surface area (Å²) in [5.74, 6) is 1.25. The second-order valence-electron chi connectivity index (χ2n) is 6.66. The largest absolute Gasteiger partial charge is 0.493 e. The number of nitrogens with zero attached hydrogens (tertiary/aromatic N) is 2. The lowest BCUT2D eigenvalue weighted by molar-refractivity contribution is -0.123. The second-order valence-corrected chi connectivity index (χ2v) is 6.66. The highest BCUT2D eigenvalue weighted by molar-refractivity contribution is 5.79. The summed E-state index contributed by atoms with van der Waals surface area (Å²) >= 11 is 0. The van der Waals surface area contributed by atoms with Gasteiger partial charge in [0.15, 0.2) is 11.5 Å². The summed E-state index contributed by atoms with van der Waals surface area (Å²) in [6, 6.07) is 8.03. The maximum atomic E-state index is 12.4. The fourth-order valence-corrected chi connectivity index (χ4v) is 3.32. The van der Waals surface area contributed by atoms with E-state index in [-0.39, 0.29) is 12.5 Å². The normalized spacial score (nSPS) is 16.1. The van der Waals surface area contributed by atoms with E-state index in [1.165, 1.54) is 0 Å². The molecule has 0 bridgehead atoms. The quantitative estimate of drug-likeness (QED) is 0.822. The van der Waals surface area contributed by atoms with E-state index in [4.69, 9.17) is 9.47 Å². The zero-order valence-electron chi connectivity index (χ0n) is 15.3. The molecule has 0 spiro atoms.